The molecule has 1 saturated carbocycles. The van der Waals surface area contributed by atoms with E-state index in [1.807, 2.05) is 25.1 Å². The van der Waals surface area contributed by atoms with Crippen LogP contribution in [0, 0.1) is 12.3 Å². The van der Waals surface area contributed by atoms with E-state index in [0.29, 0.717) is 25.3 Å². The van der Waals surface area contributed by atoms with Gasteiger partial charge in [0, 0.05) is 12.2 Å². The van der Waals surface area contributed by atoms with E-state index < -0.39 is 5.41 Å². The number of carbonyl (C=O) groups is 2. The molecule has 2 amide bonds. The van der Waals surface area contributed by atoms with Crippen LogP contribution in [0.5, 0.6) is 0 Å². The minimum Gasteiger partial charge on any atom is -0.355 e. The number of benzene rings is 1. The van der Waals surface area contributed by atoms with Crippen LogP contribution in [0.15, 0.2) is 18.2 Å². The topological polar surface area (TPSA) is 58.2 Å². The number of anilines is 1. The van der Waals surface area contributed by atoms with Gasteiger partial charge in [0.05, 0.1) is 0 Å². The van der Waals surface area contributed by atoms with Crippen molar-refractivity contribution in [3.8, 4) is 0 Å². The molecule has 0 saturated heterocycles. The number of carbonyl (C=O) groups excluding carboxylic acids is 2. The first-order valence-corrected chi connectivity index (χ1v) is 9.11. The predicted molar refractivity (Wildman–Crippen MR) is 98.1 cm³/mol. The number of rotatable bonds is 8. The smallest absolute Gasteiger partial charge is 0.240 e. The largest absolute Gasteiger partial charge is 0.355 e. The molecule has 1 aliphatic rings. The van der Waals surface area contributed by atoms with Crippen LogP contribution >= 0.6 is 0 Å². The van der Waals surface area contributed by atoms with E-state index in [-0.39, 0.29) is 11.8 Å². The number of aryl methyl sites for hydroxylation is 1. The highest BCUT2D eigenvalue weighted by molar-refractivity contribution is 6.13. The van der Waals surface area contributed by atoms with E-state index >= 15 is 0 Å². The van der Waals surface area contributed by atoms with Gasteiger partial charge in [-0.3, -0.25) is 9.59 Å². The van der Waals surface area contributed by atoms with Gasteiger partial charge in [-0.05, 0) is 43.2 Å². The van der Waals surface area contributed by atoms with Crippen molar-refractivity contribution in [3.63, 3.8) is 0 Å². The summed E-state index contributed by atoms with van der Waals surface area (Å²) in [5.74, 6) is 0.0423. The van der Waals surface area contributed by atoms with Crippen LogP contribution in [0.1, 0.15) is 69.9 Å². The lowest BCUT2D eigenvalue weighted by molar-refractivity contribution is -0.134. The maximum absolute atomic E-state index is 12.8. The van der Waals surface area contributed by atoms with Crippen molar-refractivity contribution in [3.05, 3.63) is 29.3 Å². The van der Waals surface area contributed by atoms with Gasteiger partial charge in [-0.15, -0.1) is 0 Å². The van der Waals surface area contributed by atoms with Gasteiger partial charge < -0.3 is 10.6 Å². The van der Waals surface area contributed by atoms with Crippen LogP contribution in [0.25, 0.3) is 0 Å². The van der Waals surface area contributed by atoms with Crippen LogP contribution in [0.2, 0.25) is 0 Å². The molecule has 132 valence electrons. The Hall–Kier alpha value is -1.84. The SMILES string of the molecule is CCCCCNC(=O)C1(C(=O)Nc2c(C)cccc2C(C)C)CC1. The van der Waals surface area contributed by atoms with E-state index in [1.54, 1.807) is 0 Å². The molecule has 1 aliphatic carbocycles. The fourth-order valence-corrected chi connectivity index (χ4v) is 3.00. The van der Waals surface area contributed by atoms with Crippen molar-refractivity contribution in [2.45, 2.75) is 65.7 Å². The van der Waals surface area contributed by atoms with Crippen molar-refractivity contribution in [1.82, 2.24) is 5.32 Å². The quantitative estimate of drug-likeness (QED) is 0.556. The number of unbranched alkanes of at least 4 members (excludes halogenated alkanes) is 2. The van der Waals surface area contributed by atoms with Gasteiger partial charge in [-0.25, -0.2) is 0 Å². The summed E-state index contributed by atoms with van der Waals surface area (Å²) in [6.07, 6.45) is 4.46. The Bertz CT molecular complexity index is 604. The third-order valence-electron chi connectivity index (χ3n) is 4.85. The molecule has 1 aromatic carbocycles. The third-order valence-corrected chi connectivity index (χ3v) is 4.85. The van der Waals surface area contributed by atoms with Gasteiger partial charge in [-0.2, -0.15) is 0 Å². The van der Waals surface area contributed by atoms with E-state index in [9.17, 15) is 9.59 Å². The van der Waals surface area contributed by atoms with Crippen molar-refractivity contribution >= 4 is 17.5 Å². The standard InChI is InChI=1S/C20H30N2O2/c1-5-6-7-13-21-18(23)20(11-12-20)19(24)22-17-15(4)9-8-10-16(17)14(2)3/h8-10,14H,5-7,11-13H2,1-4H3,(H,21,23)(H,22,24). The van der Waals surface area contributed by atoms with E-state index in [4.69, 9.17) is 0 Å². The van der Waals surface area contributed by atoms with Crippen LogP contribution < -0.4 is 10.6 Å². The Morgan fingerprint density at radius 3 is 2.46 bits per heavy atom. The highest BCUT2D eigenvalue weighted by Crippen LogP contribution is 2.47. The number of para-hydroxylation sites is 1. The average molecular weight is 330 g/mol. The Kier molecular flexibility index (Phi) is 6.03. The highest BCUT2D eigenvalue weighted by Gasteiger charge is 2.56. The molecule has 2 rings (SSSR count). The Balaban J connectivity index is 2.06. The van der Waals surface area contributed by atoms with Gasteiger partial charge in [0.1, 0.15) is 5.41 Å². The number of amides is 2. The summed E-state index contributed by atoms with van der Waals surface area (Å²) in [6.45, 7) is 9.00. The van der Waals surface area contributed by atoms with E-state index in [2.05, 4.69) is 31.4 Å². The summed E-state index contributed by atoms with van der Waals surface area (Å²) in [7, 11) is 0. The minimum absolute atomic E-state index is 0.115. The summed E-state index contributed by atoms with van der Waals surface area (Å²) in [6, 6.07) is 6.04. The van der Waals surface area contributed by atoms with Gasteiger partial charge >= 0.3 is 0 Å². The molecule has 1 aromatic rings. The minimum atomic E-state index is -0.858. The molecule has 0 bridgehead atoms. The second-order valence-corrected chi connectivity index (χ2v) is 7.19. The van der Waals surface area contributed by atoms with E-state index in [1.165, 1.54) is 0 Å². The van der Waals surface area contributed by atoms with Crippen molar-refractivity contribution < 1.29 is 9.59 Å². The lowest BCUT2D eigenvalue weighted by Gasteiger charge is -2.20. The van der Waals surface area contributed by atoms with Gasteiger partial charge in [0.2, 0.25) is 11.8 Å². The number of nitrogens with one attached hydrogen (secondary N) is 2. The number of hydrogen-bond donors (Lipinski definition) is 2. The van der Waals surface area contributed by atoms with Gasteiger partial charge in [0.15, 0.2) is 0 Å². The zero-order chi connectivity index (χ0) is 17.7. The van der Waals surface area contributed by atoms with Crippen LogP contribution in [0.4, 0.5) is 5.69 Å². The van der Waals surface area contributed by atoms with Crippen LogP contribution in [-0.4, -0.2) is 18.4 Å². The first kappa shape index (κ1) is 18.5. The maximum atomic E-state index is 12.8. The molecule has 0 heterocycles. The van der Waals surface area contributed by atoms with Crippen molar-refractivity contribution in [2.75, 3.05) is 11.9 Å². The fraction of sp³-hybridized carbons (Fsp3) is 0.600. The highest BCUT2D eigenvalue weighted by atomic mass is 16.2. The summed E-state index contributed by atoms with van der Waals surface area (Å²) in [5.41, 5.74) is 2.15. The monoisotopic (exact) mass is 330 g/mol. The molecule has 4 nitrogen and oxygen atoms in total. The predicted octanol–water partition coefficient (Wildman–Crippen LogP) is 4.14. The maximum Gasteiger partial charge on any atom is 0.240 e. The summed E-state index contributed by atoms with van der Waals surface area (Å²) in [5, 5.41) is 5.98. The number of hydrogen-bond acceptors (Lipinski definition) is 2. The molecule has 0 aliphatic heterocycles. The molecular weight excluding hydrogens is 300 g/mol. The molecule has 0 atom stereocenters. The Morgan fingerprint density at radius 2 is 1.88 bits per heavy atom. The first-order chi connectivity index (χ1) is 11.4. The van der Waals surface area contributed by atoms with E-state index in [0.717, 1.165) is 36.1 Å². The van der Waals surface area contributed by atoms with Crippen LogP contribution in [0.3, 0.4) is 0 Å². The summed E-state index contributed by atoms with van der Waals surface area (Å²) < 4.78 is 0. The normalized spacial score (nSPS) is 15.2. The molecule has 1 fully saturated rings. The second kappa shape index (κ2) is 7.82. The first-order valence-electron chi connectivity index (χ1n) is 9.11. The second-order valence-electron chi connectivity index (χ2n) is 7.19. The molecule has 0 radical (unpaired) electrons. The van der Waals surface area contributed by atoms with Crippen molar-refractivity contribution in [1.29, 1.82) is 0 Å². The molecular formula is C20H30N2O2. The summed E-state index contributed by atoms with van der Waals surface area (Å²) >= 11 is 0. The molecule has 0 spiro atoms. The molecule has 24 heavy (non-hydrogen) atoms. The molecule has 2 N–H and O–H groups in total. The summed E-state index contributed by atoms with van der Waals surface area (Å²) in [4.78, 5) is 25.2. The average Bonchev–Trinajstić information content (AvgIpc) is 3.35. The zero-order valence-electron chi connectivity index (χ0n) is 15.4. The lowest BCUT2D eigenvalue weighted by atomic mass is 9.97. The molecule has 0 aromatic heterocycles. The zero-order valence-corrected chi connectivity index (χ0v) is 15.4. The Morgan fingerprint density at radius 1 is 1.17 bits per heavy atom. The molecule has 0 unspecified atom stereocenters. The lowest BCUT2D eigenvalue weighted by Crippen LogP contribution is -2.40. The van der Waals surface area contributed by atoms with Gasteiger partial charge in [-0.1, -0.05) is 51.8 Å². The van der Waals surface area contributed by atoms with Crippen molar-refractivity contribution in [2.24, 2.45) is 5.41 Å². The third kappa shape index (κ3) is 3.97. The Labute approximate surface area is 145 Å². The fourth-order valence-electron chi connectivity index (χ4n) is 3.00. The molecule has 4 heteroatoms. The van der Waals surface area contributed by atoms with Gasteiger partial charge in [0.25, 0.3) is 0 Å². The van der Waals surface area contributed by atoms with Crippen LogP contribution in [-0.2, 0) is 9.59 Å².